The lowest BCUT2D eigenvalue weighted by atomic mass is 10.0. The normalized spacial score (nSPS) is 16.8. The highest BCUT2D eigenvalue weighted by Gasteiger charge is 2.32. The standard InChI is InChI=1S/C19H17ClN6O.C7H11NO/c20-14-7-12(9-1-2-9)17-13(8-23-26(17)10-3-4-10)11(14)5-6-15-16(19(22)27)18(21)25-24-15;1-2-7(9)8-5-3-4-6-8/h7-10H,1-4H2,(H2,22,27)(H3,21,24,25);2H,1,3-6H2. The first-order chi connectivity index (χ1) is 17.4. The van der Waals surface area contributed by atoms with E-state index in [-0.39, 0.29) is 23.0 Å². The van der Waals surface area contributed by atoms with Crippen LogP contribution in [-0.2, 0) is 4.79 Å². The van der Waals surface area contributed by atoms with Crippen LogP contribution in [-0.4, -0.2) is 49.8 Å². The summed E-state index contributed by atoms with van der Waals surface area (Å²) in [5.74, 6) is 5.97. The van der Waals surface area contributed by atoms with Gasteiger partial charge in [0.2, 0.25) is 5.91 Å². The summed E-state index contributed by atoms with van der Waals surface area (Å²) in [6.07, 6.45) is 10.2. The molecule has 1 saturated heterocycles. The van der Waals surface area contributed by atoms with Crippen LogP contribution in [0.3, 0.4) is 0 Å². The van der Waals surface area contributed by atoms with E-state index in [9.17, 15) is 9.59 Å². The van der Waals surface area contributed by atoms with Gasteiger partial charge in [0.15, 0.2) is 5.82 Å². The van der Waals surface area contributed by atoms with E-state index in [2.05, 4.69) is 38.4 Å². The van der Waals surface area contributed by atoms with E-state index in [1.165, 1.54) is 24.5 Å². The van der Waals surface area contributed by atoms with Crippen molar-refractivity contribution in [3.63, 3.8) is 0 Å². The zero-order chi connectivity index (χ0) is 25.4. The number of aromatic nitrogens is 4. The van der Waals surface area contributed by atoms with Crippen LogP contribution in [0.2, 0.25) is 5.02 Å². The minimum Gasteiger partial charge on any atom is -0.382 e. The van der Waals surface area contributed by atoms with Crippen molar-refractivity contribution in [2.45, 2.75) is 50.5 Å². The van der Waals surface area contributed by atoms with E-state index in [0.29, 0.717) is 22.5 Å². The molecule has 3 aromatic rings. The number of rotatable bonds is 4. The number of hydrogen-bond acceptors (Lipinski definition) is 5. The van der Waals surface area contributed by atoms with Crippen molar-refractivity contribution in [2.75, 3.05) is 18.8 Å². The lowest BCUT2D eigenvalue weighted by Crippen LogP contribution is -2.25. The fraction of sp³-hybridized carbons (Fsp3) is 0.385. The number of anilines is 1. The van der Waals surface area contributed by atoms with Crippen molar-refractivity contribution in [3.8, 4) is 11.8 Å². The second-order valence-corrected chi connectivity index (χ2v) is 9.80. The van der Waals surface area contributed by atoms with Gasteiger partial charge < -0.3 is 16.4 Å². The molecule has 3 aliphatic rings. The Kier molecular flexibility index (Phi) is 6.46. The Balaban J connectivity index is 0.000000252. The minimum atomic E-state index is -0.674. The number of primary amides is 1. The summed E-state index contributed by atoms with van der Waals surface area (Å²) >= 11 is 6.58. The van der Waals surface area contributed by atoms with Gasteiger partial charge >= 0.3 is 0 Å². The van der Waals surface area contributed by atoms with Gasteiger partial charge in [-0.15, -0.1) is 0 Å². The molecule has 0 spiro atoms. The number of aromatic amines is 1. The van der Waals surface area contributed by atoms with Crippen LogP contribution >= 0.6 is 11.6 Å². The molecule has 5 N–H and O–H groups in total. The fourth-order valence-electron chi connectivity index (χ4n) is 4.55. The van der Waals surface area contributed by atoms with Crippen molar-refractivity contribution in [1.82, 2.24) is 24.9 Å². The third-order valence-electron chi connectivity index (χ3n) is 6.71. The molecule has 2 saturated carbocycles. The number of carbonyl (C=O) groups excluding carboxylic acids is 2. The quantitative estimate of drug-likeness (QED) is 0.368. The highest BCUT2D eigenvalue weighted by atomic mass is 35.5. The van der Waals surface area contributed by atoms with Crippen molar-refractivity contribution >= 4 is 40.1 Å². The SMILES string of the molecule is C=CC(=O)N1CCCC1.NC(=O)c1c(N)n[nH]c1C#Cc1c(Cl)cc(C2CC2)c2c1cnn2C1CC1. The van der Waals surface area contributed by atoms with Crippen LogP contribution in [0, 0.1) is 11.8 Å². The molecule has 2 aromatic heterocycles. The molecule has 0 atom stereocenters. The van der Waals surface area contributed by atoms with E-state index >= 15 is 0 Å². The smallest absolute Gasteiger partial charge is 0.255 e. The summed E-state index contributed by atoms with van der Waals surface area (Å²) in [5, 5.41) is 12.6. The third kappa shape index (κ3) is 4.69. The molecule has 6 rings (SSSR count). The van der Waals surface area contributed by atoms with Crippen LogP contribution in [0.15, 0.2) is 24.9 Å². The van der Waals surface area contributed by atoms with Crippen LogP contribution < -0.4 is 11.5 Å². The molecule has 1 aromatic carbocycles. The van der Waals surface area contributed by atoms with Gasteiger partial charge in [-0.2, -0.15) is 10.2 Å². The van der Waals surface area contributed by atoms with E-state index in [4.69, 9.17) is 23.1 Å². The zero-order valence-electron chi connectivity index (χ0n) is 19.9. The fourth-order valence-corrected chi connectivity index (χ4v) is 4.82. The number of likely N-dealkylation sites (tertiary alicyclic amines) is 1. The van der Waals surface area contributed by atoms with Crippen molar-refractivity contribution in [1.29, 1.82) is 0 Å². The molecule has 0 bridgehead atoms. The number of fused-ring (bicyclic) bond motifs is 1. The van der Waals surface area contributed by atoms with E-state index in [1.807, 2.05) is 17.2 Å². The number of nitrogens with two attached hydrogens (primary N) is 2. The van der Waals surface area contributed by atoms with Crippen LogP contribution in [0.1, 0.15) is 77.7 Å². The second kappa shape index (κ2) is 9.70. The Bertz CT molecular complexity index is 1410. The molecule has 10 heteroatoms. The molecule has 9 nitrogen and oxygen atoms in total. The van der Waals surface area contributed by atoms with Crippen molar-refractivity contribution in [2.24, 2.45) is 5.73 Å². The molecule has 3 fully saturated rings. The molecule has 1 aliphatic heterocycles. The predicted octanol–water partition coefficient (Wildman–Crippen LogP) is 3.50. The minimum absolute atomic E-state index is 0.0358. The number of carbonyl (C=O) groups is 2. The molecule has 36 heavy (non-hydrogen) atoms. The predicted molar refractivity (Wildman–Crippen MR) is 138 cm³/mol. The summed E-state index contributed by atoms with van der Waals surface area (Å²) in [6.45, 7) is 5.26. The number of amides is 2. The van der Waals surface area contributed by atoms with Gasteiger partial charge in [-0.25, -0.2) is 0 Å². The largest absolute Gasteiger partial charge is 0.382 e. The maximum absolute atomic E-state index is 11.6. The average Bonchev–Trinajstić information content (AvgIpc) is 3.75. The first kappa shape index (κ1) is 23.9. The lowest BCUT2D eigenvalue weighted by molar-refractivity contribution is -0.124. The second-order valence-electron chi connectivity index (χ2n) is 9.39. The summed E-state index contributed by atoms with van der Waals surface area (Å²) in [6, 6.07) is 2.48. The van der Waals surface area contributed by atoms with Crippen molar-refractivity contribution in [3.05, 3.63) is 52.3 Å². The monoisotopic (exact) mass is 505 g/mol. The molecule has 2 aliphatic carbocycles. The number of nitrogens with one attached hydrogen (secondary N) is 1. The molecule has 186 valence electrons. The highest BCUT2D eigenvalue weighted by molar-refractivity contribution is 6.33. The number of nitrogen functional groups attached to an aromatic ring is 1. The maximum Gasteiger partial charge on any atom is 0.255 e. The summed E-state index contributed by atoms with van der Waals surface area (Å²) in [4.78, 5) is 24.2. The number of benzene rings is 1. The summed E-state index contributed by atoms with van der Waals surface area (Å²) in [5.41, 5.74) is 14.5. The van der Waals surface area contributed by atoms with Gasteiger partial charge in [0, 0.05) is 18.5 Å². The van der Waals surface area contributed by atoms with Gasteiger partial charge in [0.25, 0.3) is 5.91 Å². The number of H-pyrrole nitrogens is 1. The lowest BCUT2D eigenvalue weighted by Gasteiger charge is -2.10. The molecular formula is C26H28ClN7O2. The van der Waals surface area contributed by atoms with Crippen LogP contribution in [0.25, 0.3) is 10.9 Å². The Morgan fingerprint density at radius 2 is 1.92 bits per heavy atom. The van der Waals surface area contributed by atoms with Crippen molar-refractivity contribution < 1.29 is 9.59 Å². The van der Waals surface area contributed by atoms with Crippen LogP contribution in [0.5, 0.6) is 0 Å². The van der Waals surface area contributed by atoms with Gasteiger partial charge in [-0.3, -0.25) is 19.4 Å². The Morgan fingerprint density at radius 3 is 2.53 bits per heavy atom. The topological polar surface area (TPSA) is 136 Å². The molecule has 2 amide bonds. The summed E-state index contributed by atoms with van der Waals surface area (Å²) < 4.78 is 2.12. The maximum atomic E-state index is 11.6. The number of halogens is 1. The Labute approximate surface area is 213 Å². The Hall–Kier alpha value is -3.77. The average molecular weight is 506 g/mol. The summed E-state index contributed by atoms with van der Waals surface area (Å²) in [7, 11) is 0. The van der Waals surface area contributed by atoms with Gasteiger partial charge in [0.05, 0.1) is 28.3 Å². The molecule has 0 unspecified atom stereocenters. The van der Waals surface area contributed by atoms with E-state index in [1.54, 1.807) is 0 Å². The third-order valence-corrected chi connectivity index (χ3v) is 7.01. The number of nitrogens with zero attached hydrogens (tertiary/aromatic N) is 4. The molecule has 0 radical (unpaired) electrons. The van der Waals surface area contributed by atoms with Gasteiger partial charge in [-0.1, -0.05) is 24.1 Å². The first-order valence-electron chi connectivity index (χ1n) is 12.2. The highest BCUT2D eigenvalue weighted by Crippen LogP contribution is 2.47. The van der Waals surface area contributed by atoms with Gasteiger partial charge in [-0.05, 0) is 68.1 Å². The molecular weight excluding hydrogens is 478 g/mol. The number of hydrogen-bond donors (Lipinski definition) is 3. The van der Waals surface area contributed by atoms with E-state index in [0.717, 1.165) is 49.7 Å². The van der Waals surface area contributed by atoms with Gasteiger partial charge in [0.1, 0.15) is 11.3 Å². The Morgan fingerprint density at radius 1 is 1.19 bits per heavy atom. The molecule has 3 heterocycles. The van der Waals surface area contributed by atoms with Crippen LogP contribution in [0.4, 0.5) is 5.82 Å². The first-order valence-corrected chi connectivity index (χ1v) is 12.5. The zero-order valence-corrected chi connectivity index (χ0v) is 20.6. The van der Waals surface area contributed by atoms with E-state index < -0.39 is 5.91 Å².